The summed E-state index contributed by atoms with van der Waals surface area (Å²) in [6.07, 6.45) is 26.2. The van der Waals surface area contributed by atoms with E-state index in [1.165, 1.54) is 116 Å². The van der Waals surface area contributed by atoms with E-state index in [-0.39, 0.29) is 13.0 Å². The summed E-state index contributed by atoms with van der Waals surface area (Å²) in [6, 6.07) is -1.48. The zero-order valence-electron chi connectivity index (χ0n) is 25.6. The minimum absolute atomic E-state index is 0.251. The Kier molecular flexibility index (Phi) is 27.1. The Balaban J connectivity index is 3.43. The first-order valence-electron chi connectivity index (χ1n) is 16.1. The van der Waals surface area contributed by atoms with Gasteiger partial charge in [0.1, 0.15) is 18.8 Å². The predicted octanol–water partition coefficient (Wildman–Crippen LogP) is 7.04. The van der Waals surface area contributed by atoms with Crippen molar-refractivity contribution in [3.05, 3.63) is 0 Å². The minimum Gasteiger partial charge on any atom is -0.480 e. The van der Waals surface area contributed by atoms with E-state index in [1.807, 2.05) is 0 Å². The van der Waals surface area contributed by atoms with Gasteiger partial charge in [-0.25, -0.2) is 4.57 Å². The number of aliphatic hydroxyl groups is 1. The molecule has 1 unspecified atom stereocenters. The van der Waals surface area contributed by atoms with Crippen molar-refractivity contribution >= 4 is 19.8 Å². The van der Waals surface area contributed by atoms with E-state index >= 15 is 0 Å². The Morgan fingerprint density at radius 1 is 0.659 bits per heavy atom. The van der Waals surface area contributed by atoms with Gasteiger partial charge in [0, 0.05) is 6.42 Å². The summed E-state index contributed by atoms with van der Waals surface area (Å²) in [4.78, 5) is 31.9. The molecule has 0 rings (SSSR count). The highest BCUT2D eigenvalue weighted by molar-refractivity contribution is 7.47. The number of nitrogens with two attached hydrogens (primary N) is 1. The average Bonchev–Trinajstić information content (AvgIpc) is 2.94. The summed E-state index contributed by atoms with van der Waals surface area (Å²) in [6.45, 7) is 0.537. The molecule has 0 amide bonds. The molecule has 0 aliphatic heterocycles. The van der Waals surface area contributed by atoms with Crippen LogP contribution in [0, 0.1) is 0 Å². The number of hydrogen-bond acceptors (Lipinski definition) is 8. The molecule has 0 radical (unpaired) electrons. The maximum Gasteiger partial charge on any atom is 0.472 e. The standard InChI is InChI=1S/C30H60NO9P/c1-2-3-4-5-6-7-8-9-10-11-12-13-14-15-16-17-18-19-20-21-22-23-29(33)38-24-27(32)25-39-41(36,37)40-26-28(31)30(34)35/h27-28,32H,2-26,31H2,1H3,(H,34,35)(H,36,37)/t27-,28+/m1/s1. The van der Waals surface area contributed by atoms with Crippen LogP contribution in [0.1, 0.15) is 148 Å². The van der Waals surface area contributed by atoms with E-state index in [0.29, 0.717) is 6.42 Å². The van der Waals surface area contributed by atoms with Crippen molar-refractivity contribution in [2.45, 2.75) is 160 Å². The average molecular weight is 610 g/mol. The highest BCUT2D eigenvalue weighted by atomic mass is 31.2. The second-order valence-electron chi connectivity index (χ2n) is 11.2. The molecule has 244 valence electrons. The largest absolute Gasteiger partial charge is 0.480 e. The number of carbonyl (C=O) groups is 2. The van der Waals surface area contributed by atoms with Crippen molar-refractivity contribution in [2.75, 3.05) is 19.8 Å². The fraction of sp³-hybridized carbons (Fsp3) is 0.933. The Morgan fingerprint density at radius 3 is 1.41 bits per heavy atom. The fourth-order valence-electron chi connectivity index (χ4n) is 4.47. The number of unbranched alkanes of at least 4 members (excludes halogenated alkanes) is 20. The van der Waals surface area contributed by atoms with E-state index in [1.54, 1.807) is 0 Å². The molecule has 0 aliphatic rings. The molecule has 5 N–H and O–H groups in total. The zero-order valence-corrected chi connectivity index (χ0v) is 26.5. The number of phosphoric ester groups is 1. The normalized spacial score (nSPS) is 14.4. The smallest absolute Gasteiger partial charge is 0.472 e. The first kappa shape index (κ1) is 40.0. The summed E-state index contributed by atoms with van der Waals surface area (Å²) < 4.78 is 25.6. The third-order valence-corrected chi connectivity index (χ3v) is 8.04. The van der Waals surface area contributed by atoms with Gasteiger partial charge in [-0.05, 0) is 6.42 Å². The van der Waals surface area contributed by atoms with Gasteiger partial charge < -0.3 is 25.6 Å². The summed E-state index contributed by atoms with van der Waals surface area (Å²) in [5.74, 6) is -1.84. The maximum absolute atomic E-state index is 11.8. The minimum atomic E-state index is -4.58. The molecule has 11 heteroatoms. The molecule has 0 saturated heterocycles. The van der Waals surface area contributed by atoms with Crippen LogP contribution in [0.25, 0.3) is 0 Å². The molecule has 0 aromatic rings. The van der Waals surface area contributed by atoms with Crippen LogP contribution in [0.4, 0.5) is 0 Å². The SMILES string of the molecule is CCCCCCCCCCCCCCCCCCCCCCCC(=O)OC[C@@H](O)COP(=O)(O)OC[C@H](N)C(=O)O. The quantitative estimate of drug-likeness (QED) is 0.0364. The number of aliphatic hydroxyl groups excluding tert-OH is 1. The van der Waals surface area contributed by atoms with Crippen LogP contribution in [0.2, 0.25) is 0 Å². The lowest BCUT2D eigenvalue weighted by atomic mass is 10.0. The number of hydrogen-bond donors (Lipinski definition) is 4. The van der Waals surface area contributed by atoms with Gasteiger partial charge in [0.15, 0.2) is 0 Å². The van der Waals surface area contributed by atoms with E-state index in [0.717, 1.165) is 12.8 Å². The molecule has 0 aliphatic carbocycles. The second kappa shape index (κ2) is 27.8. The van der Waals surface area contributed by atoms with Crippen LogP contribution >= 0.6 is 7.82 Å². The third-order valence-electron chi connectivity index (χ3n) is 7.09. The van der Waals surface area contributed by atoms with Crippen molar-refractivity contribution < 1.29 is 43.0 Å². The predicted molar refractivity (Wildman–Crippen MR) is 162 cm³/mol. The number of phosphoric acid groups is 1. The van der Waals surface area contributed by atoms with Crippen molar-refractivity contribution in [2.24, 2.45) is 5.73 Å². The van der Waals surface area contributed by atoms with E-state index in [2.05, 4.69) is 16.0 Å². The maximum atomic E-state index is 11.8. The lowest BCUT2D eigenvalue weighted by molar-refractivity contribution is -0.147. The van der Waals surface area contributed by atoms with Crippen molar-refractivity contribution in [3.8, 4) is 0 Å². The van der Waals surface area contributed by atoms with Crippen LogP contribution in [-0.2, 0) is 27.9 Å². The Hall–Kier alpha value is -1.03. The highest BCUT2D eigenvalue weighted by Gasteiger charge is 2.26. The fourth-order valence-corrected chi connectivity index (χ4v) is 5.26. The van der Waals surface area contributed by atoms with Crippen LogP contribution in [0.15, 0.2) is 0 Å². The molecule has 3 atom stereocenters. The first-order valence-corrected chi connectivity index (χ1v) is 17.6. The molecule has 41 heavy (non-hydrogen) atoms. The number of rotatable bonds is 31. The van der Waals surface area contributed by atoms with Crippen molar-refractivity contribution in [3.63, 3.8) is 0 Å². The van der Waals surface area contributed by atoms with Gasteiger partial charge in [0.2, 0.25) is 0 Å². The van der Waals surface area contributed by atoms with Gasteiger partial charge in [0.05, 0.1) is 13.2 Å². The number of carboxylic acids is 1. The van der Waals surface area contributed by atoms with Crippen molar-refractivity contribution in [1.82, 2.24) is 0 Å². The molecule has 0 aromatic carbocycles. The Bertz CT molecular complexity index is 680. The zero-order chi connectivity index (χ0) is 30.6. The topological polar surface area (TPSA) is 166 Å². The van der Waals surface area contributed by atoms with Crippen LogP contribution in [-0.4, -0.2) is 59.0 Å². The molecule has 0 spiro atoms. The van der Waals surface area contributed by atoms with Gasteiger partial charge in [0.25, 0.3) is 0 Å². The Labute approximate surface area is 248 Å². The number of aliphatic carboxylic acids is 1. The lowest BCUT2D eigenvalue weighted by Crippen LogP contribution is -2.34. The highest BCUT2D eigenvalue weighted by Crippen LogP contribution is 2.43. The monoisotopic (exact) mass is 609 g/mol. The number of carboxylic acid groups (broad SMARTS) is 1. The molecule has 0 fully saturated rings. The molecule has 0 saturated carbocycles. The second-order valence-corrected chi connectivity index (χ2v) is 12.6. The molecule has 0 heterocycles. The van der Waals surface area contributed by atoms with Gasteiger partial charge in [-0.3, -0.25) is 18.6 Å². The van der Waals surface area contributed by atoms with E-state index in [4.69, 9.17) is 15.6 Å². The third kappa shape index (κ3) is 28.8. The van der Waals surface area contributed by atoms with E-state index < -0.39 is 45.1 Å². The van der Waals surface area contributed by atoms with Crippen LogP contribution < -0.4 is 5.73 Å². The number of ether oxygens (including phenoxy) is 1. The van der Waals surface area contributed by atoms with Gasteiger partial charge in [-0.1, -0.05) is 135 Å². The number of esters is 1. The van der Waals surface area contributed by atoms with Gasteiger partial charge in [-0.2, -0.15) is 0 Å². The Morgan fingerprint density at radius 2 is 1.02 bits per heavy atom. The first-order chi connectivity index (χ1) is 19.7. The summed E-state index contributed by atoms with van der Waals surface area (Å²) in [5, 5.41) is 18.4. The van der Waals surface area contributed by atoms with Crippen molar-refractivity contribution in [1.29, 1.82) is 0 Å². The van der Waals surface area contributed by atoms with Gasteiger partial charge in [-0.15, -0.1) is 0 Å². The molecule has 0 bridgehead atoms. The summed E-state index contributed by atoms with van der Waals surface area (Å²) in [5.41, 5.74) is 5.17. The van der Waals surface area contributed by atoms with E-state index in [9.17, 15) is 24.2 Å². The number of carbonyl (C=O) groups excluding carboxylic acids is 1. The van der Waals surface area contributed by atoms with Gasteiger partial charge >= 0.3 is 19.8 Å². The van der Waals surface area contributed by atoms with Crippen LogP contribution in [0.3, 0.4) is 0 Å². The summed E-state index contributed by atoms with van der Waals surface area (Å²) >= 11 is 0. The summed E-state index contributed by atoms with van der Waals surface area (Å²) in [7, 11) is -4.58. The molecule has 0 aromatic heterocycles. The molecule has 10 nitrogen and oxygen atoms in total. The molecular formula is C30H60NO9P. The lowest BCUT2D eigenvalue weighted by Gasteiger charge is -2.16. The molecular weight excluding hydrogens is 549 g/mol. The van der Waals surface area contributed by atoms with Crippen LogP contribution in [0.5, 0.6) is 0 Å².